The van der Waals surface area contributed by atoms with Gasteiger partial charge in [0.15, 0.2) is 6.10 Å². The van der Waals surface area contributed by atoms with Gasteiger partial charge in [-0.1, -0.05) is 30.3 Å². The van der Waals surface area contributed by atoms with Crippen molar-refractivity contribution in [2.45, 2.75) is 32.0 Å². The molecule has 6 nitrogen and oxygen atoms in total. The zero-order valence-electron chi connectivity index (χ0n) is 15.2. The number of rotatable bonds is 3. The molecule has 2 heterocycles. The molecule has 25 heavy (non-hydrogen) atoms. The molecule has 2 aliphatic heterocycles. The van der Waals surface area contributed by atoms with Crippen LogP contribution in [0.4, 0.5) is 0 Å². The summed E-state index contributed by atoms with van der Waals surface area (Å²) in [4.78, 5) is 31.5. The molecule has 0 radical (unpaired) electrons. The molecule has 0 spiro atoms. The summed E-state index contributed by atoms with van der Waals surface area (Å²) in [6.07, 6.45) is -0.647. The number of hydrogen-bond donors (Lipinski definition) is 0. The van der Waals surface area contributed by atoms with Crippen LogP contribution in [-0.2, 0) is 14.3 Å². The number of carbonyl (C=O) groups excluding carboxylic acids is 2. The highest BCUT2D eigenvalue weighted by Gasteiger charge is 2.44. The summed E-state index contributed by atoms with van der Waals surface area (Å²) in [6, 6.07) is 9.36. The summed E-state index contributed by atoms with van der Waals surface area (Å²) < 4.78 is 5.78. The van der Waals surface area contributed by atoms with E-state index in [0.717, 1.165) is 18.7 Å². The highest BCUT2D eigenvalue weighted by atomic mass is 16.5. The fourth-order valence-electron chi connectivity index (χ4n) is 3.64. The lowest BCUT2D eigenvalue weighted by atomic mass is 9.95. The first-order valence-electron chi connectivity index (χ1n) is 8.94. The summed E-state index contributed by atoms with van der Waals surface area (Å²) in [5.74, 6) is -0.0774. The molecule has 1 aromatic rings. The summed E-state index contributed by atoms with van der Waals surface area (Å²) in [5.41, 5.74) is 0.941. The van der Waals surface area contributed by atoms with Gasteiger partial charge in [-0.2, -0.15) is 0 Å². The first kappa shape index (κ1) is 17.9. The Morgan fingerprint density at radius 3 is 2.36 bits per heavy atom. The van der Waals surface area contributed by atoms with E-state index >= 15 is 0 Å². The first-order chi connectivity index (χ1) is 12.0. The Hall–Kier alpha value is -1.92. The molecule has 0 unspecified atom stereocenters. The number of benzene rings is 1. The molecule has 3 rings (SSSR count). The molecule has 0 bridgehead atoms. The molecule has 0 saturated carbocycles. The van der Waals surface area contributed by atoms with E-state index in [4.69, 9.17) is 4.74 Å². The predicted octanol–water partition coefficient (Wildman–Crippen LogP) is 1.14. The van der Waals surface area contributed by atoms with Crippen molar-refractivity contribution < 1.29 is 14.3 Å². The Bertz CT molecular complexity index is 612. The fourth-order valence-corrected chi connectivity index (χ4v) is 3.64. The number of morpholine rings is 1. The summed E-state index contributed by atoms with van der Waals surface area (Å²) in [5, 5.41) is 0. The fraction of sp³-hybridized carbons (Fsp3) is 0.579. The summed E-state index contributed by atoms with van der Waals surface area (Å²) >= 11 is 0. The zero-order chi connectivity index (χ0) is 18.0. The minimum atomic E-state index is -0.647. The molecule has 136 valence electrons. The number of hydrogen-bond acceptors (Lipinski definition) is 4. The number of carbonyl (C=O) groups is 2. The van der Waals surface area contributed by atoms with Crippen molar-refractivity contribution in [3.05, 3.63) is 35.9 Å². The Morgan fingerprint density at radius 1 is 1.12 bits per heavy atom. The maximum absolute atomic E-state index is 13.2. The molecule has 2 atom stereocenters. The van der Waals surface area contributed by atoms with E-state index in [0.29, 0.717) is 13.1 Å². The number of piperazine rings is 1. The van der Waals surface area contributed by atoms with Gasteiger partial charge in [-0.3, -0.25) is 9.59 Å². The van der Waals surface area contributed by atoms with Crippen LogP contribution in [0.25, 0.3) is 0 Å². The number of ether oxygens (including phenoxy) is 1. The molecule has 0 aromatic heterocycles. The van der Waals surface area contributed by atoms with Crippen molar-refractivity contribution >= 4 is 11.8 Å². The van der Waals surface area contributed by atoms with Gasteiger partial charge in [-0.05, 0) is 26.5 Å². The maximum atomic E-state index is 13.2. The molecule has 2 fully saturated rings. The van der Waals surface area contributed by atoms with Crippen molar-refractivity contribution in [3.63, 3.8) is 0 Å². The largest absolute Gasteiger partial charge is 0.356 e. The normalized spacial score (nSPS) is 25.5. The van der Waals surface area contributed by atoms with E-state index < -0.39 is 6.10 Å². The summed E-state index contributed by atoms with van der Waals surface area (Å²) in [6.45, 7) is 7.06. The van der Waals surface area contributed by atoms with E-state index in [1.54, 1.807) is 4.90 Å². The second-order valence-electron chi connectivity index (χ2n) is 7.11. The maximum Gasteiger partial charge on any atom is 0.254 e. The van der Waals surface area contributed by atoms with Gasteiger partial charge in [-0.15, -0.1) is 0 Å². The molecule has 6 heteroatoms. The van der Waals surface area contributed by atoms with Gasteiger partial charge in [0.2, 0.25) is 5.91 Å². The van der Waals surface area contributed by atoms with Gasteiger partial charge < -0.3 is 19.4 Å². The second-order valence-corrected chi connectivity index (χ2v) is 7.11. The second kappa shape index (κ2) is 7.54. The van der Waals surface area contributed by atoms with Crippen LogP contribution in [0.1, 0.15) is 25.5 Å². The highest BCUT2D eigenvalue weighted by molar-refractivity contribution is 5.86. The molecule has 1 aromatic carbocycles. The van der Waals surface area contributed by atoms with Crippen LogP contribution in [0.3, 0.4) is 0 Å². The summed E-state index contributed by atoms with van der Waals surface area (Å²) in [7, 11) is 2.06. The monoisotopic (exact) mass is 345 g/mol. The average molecular weight is 345 g/mol. The zero-order valence-corrected chi connectivity index (χ0v) is 15.2. The van der Waals surface area contributed by atoms with Crippen LogP contribution in [-0.4, -0.2) is 78.5 Å². The van der Waals surface area contributed by atoms with Crippen LogP contribution in [0.2, 0.25) is 0 Å². The lowest BCUT2D eigenvalue weighted by Crippen LogP contribution is -2.59. The standard InChI is InChI=1S/C19H27N3O3/c1-14(2)22-16(23)13-25-18(17(22)15-7-5-4-6-8-15)19(24)21-11-9-20(3)10-12-21/h4-8,14,17-18H,9-13H2,1-3H3/t17-,18+/m1/s1. The van der Waals surface area contributed by atoms with Crippen LogP contribution in [0, 0.1) is 0 Å². The van der Waals surface area contributed by atoms with Gasteiger partial charge in [-0.25, -0.2) is 0 Å². The molecule has 0 N–H and O–H groups in total. The van der Waals surface area contributed by atoms with Crippen LogP contribution < -0.4 is 0 Å². The third-order valence-electron chi connectivity index (χ3n) is 5.02. The Kier molecular flexibility index (Phi) is 5.39. The lowest BCUT2D eigenvalue weighted by molar-refractivity contribution is -0.172. The van der Waals surface area contributed by atoms with E-state index in [1.165, 1.54) is 0 Å². The van der Waals surface area contributed by atoms with Gasteiger partial charge >= 0.3 is 0 Å². The number of nitrogens with zero attached hydrogens (tertiary/aromatic N) is 3. The Labute approximate surface area is 149 Å². The third kappa shape index (κ3) is 3.70. The van der Waals surface area contributed by atoms with Crippen molar-refractivity contribution in [1.29, 1.82) is 0 Å². The van der Waals surface area contributed by atoms with Gasteiger partial charge in [0.25, 0.3) is 5.91 Å². The van der Waals surface area contributed by atoms with Crippen LogP contribution in [0.5, 0.6) is 0 Å². The van der Waals surface area contributed by atoms with Gasteiger partial charge in [0.05, 0.1) is 6.04 Å². The van der Waals surface area contributed by atoms with Crippen molar-refractivity contribution in [2.24, 2.45) is 0 Å². The Balaban J connectivity index is 1.90. The molecule has 2 amide bonds. The SMILES string of the molecule is CC(C)N1C(=O)CO[C@H](C(=O)N2CCN(C)CC2)[C@H]1c1ccccc1. The quantitative estimate of drug-likeness (QED) is 0.824. The molecular formula is C19H27N3O3. The van der Waals surface area contributed by atoms with Crippen molar-refractivity contribution in [3.8, 4) is 0 Å². The molecule has 0 aliphatic carbocycles. The third-order valence-corrected chi connectivity index (χ3v) is 5.02. The lowest BCUT2D eigenvalue weighted by Gasteiger charge is -2.44. The van der Waals surface area contributed by atoms with E-state index in [1.807, 2.05) is 49.1 Å². The smallest absolute Gasteiger partial charge is 0.254 e. The van der Waals surface area contributed by atoms with E-state index in [9.17, 15) is 9.59 Å². The topological polar surface area (TPSA) is 53.1 Å². The minimum Gasteiger partial charge on any atom is -0.356 e. The Morgan fingerprint density at radius 2 is 1.76 bits per heavy atom. The molecule has 2 saturated heterocycles. The average Bonchev–Trinajstić information content (AvgIpc) is 2.62. The van der Waals surface area contributed by atoms with Crippen molar-refractivity contribution in [2.75, 3.05) is 39.8 Å². The first-order valence-corrected chi connectivity index (χ1v) is 8.94. The minimum absolute atomic E-state index is 0.00407. The van der Waals surface area contributed by atoms with Crippen molar-refractivity contribution in [1.82, 2.24) is 14.7 Å². The van der Waals surface area contributed by atoms with Gasteiger partial charge in [0, 0.05) is 32.2 Å². The van der Waals surface area contributed by atoms with Gasteiger partial charge in [0.1, 0.15) is 6.61 Å². The number of likely N-dealkylation sites (N-methyl/N-ethyl adjacent to an activating group) is 1. The number of amides is 2. The van der Waals surface area contributed by atoms with Crippen LogP contribution >= 0.6 is 0 Å². The van der Waals surface area contributed by atoms with E-state index in [-0.39, 0.29) is 30.5 Å². The van der Waals surface area contributed by atoms with Crippen LogP contribution in [0.15, 0.2) is 30.3 Å². The van der Waals surface area contributed by atoms with E-state index in [2.05, 4.69) is 11.9 Å². The molecular weight excluding hydrogens is 318 g/mol. The molecule has 2 aliphatic rings. The predicted molar refractivity (Wildman–Crippen MR) is 95.0 cm³/mol. The highest BCUT2D eigenvalue weighted by Crippen LogP contribution is 2.33.